The summed E-state index contributed by atoms with van der Waals surface area (Å²) >= 11 is 2.20. The maximum Gasteiger partial charge on any atom is 0.203 e. The highest BCUT2D eigenvalue weighted by atomic mass is 127. The molecule has 0 aliphatic carbocycles. The second kappa shape index (κ2) is 6.56. The zero-order valence-corrected chi connectivity index (χ0v) is 12.6. The fraction of sp³-hybridized carbons (Fsp3) is 0.133. The van der Waals surface area contributed by atoms with Gasteiger partial charge in [0, 0.05) is 3.57 Å². The Kier molecular flexibility index (Phi) is 4.79. The van der Waals surface area contributed by atoms with E-state index in [1.807, 2.05) is 30.3 Å². The zero-order chi connectivity index (χ0) is 13.7. The highest BCUT2D eigenvalue weighted by molar-refractivity contribution is 14.1. The van der Waals surface area contributed by atoms with Crippen LogP contribution in [0.25, 0.3) is 0 Å². The van der Waals surface area contributed by atoms with Gasteiger partial charge in [-0.25, -0.2) is 0 Å². The number of ketones is 1. The number of carbonyl (C=O) groups excluding carboxylic acids is 1. The number of hydrogen-bond donors (Lipinski definition) is 0. The van der Waals surface area contributed by atoms with Gasteiger partial charge in [-0.05, 0) is 52.9 Å². The highest BCUT2D eigenvalue weighted by Crippen LogP contribution is 2.19. The fourth-order valence-electron chi connectivity index (χ4n) is 1.66. The van der Waals surface area contributed by atoms with Gasteiger partial charge in [0.1, 0.15) is 11.5 Å². The number of carbonyl (C=O) groups is 1. The van der Waals surface area contributed by atoms with E-state index in [1.54, 1.807) is 25.3 Å². The average Bonchev–Trinajstić information content (AvgIpc) is 2.45. The smallest absolute Gasteiger partial charge is 0.203 e. The third-order valence-corrected chi connectivity index (χ3v) is 3.24. The van der Waals surface area contributed by atoms with Crippen molar-refractivity contribution in [2.24, 2.45) is 0 Å². The van der Waals surface area contributed by atoms with Crippen molar-refractivity contribution in [1.29, 1.82) is 0 Å². The maximum atomic E-state index is 12.1. The Bertz CT molecular complexity index is 581. The van der Waals surface area contributed by atoms with Crippen LogP contribution < -0.4 is 9.47 Å². The first-order valence-electron chi connectivity index (χ1n) is 5.75. The van der Waals surface area contributed by atoms with Crippen LogP contribution >= 0.6 is 22.6 Å². The van der Waals surface area contributed by atoms with E-state index in [4.69, 9.17) is 9.47 Å². The fourth-order valence-corrected chi connectivity index (χ4v) is 2.17. The summed E-state index contributed by atoms with van der Waals surface area (Å²) in [5.74, 6) is 1.16. The maximum absolute atomic E-state index is 12.1. The van der Waals surface area contributed by atoms with Gasteiger partial charge in [0.05, 0.1) is 12.7 Å². The predicted octanol–water partition coefficient (Wildman–Crippen LogP) is 3.56. The molecule has 0 fully saturated rings. The SMILES string of the molecule is COc1ccccc1C(=O)COc1cccc(I)c1. The van der Waals surface area contributed by atoms with E-state index in [9.17, 15) is 4.79 Å². The number of methoxy groups -OCH3 is 1. The molecule has 0 spiro atoms. The van der Waals surface area contributed by atoms with E-state index in [1.165, 1.54) is 0 Å². The predicted molar refractivity (Wildman–Crippen MR) is 82.0 cm³/mol. The number of Topliss-reactive ketones (excluding diaryl/α,β-unsaturated/α-hetero) is 1. The van der Waals surface area contributed by atoms with Gasteiger partial charge in [-0.2, -0.15) is 0 Å². The normalized spacial score (nSPS) is 10.0. The molecule has 0 saturated heterocycles. The topological polar surface area (TPSA) is 35.5 Å². The standard InChI is InChI=1S/C15H13IO3/c1-18-15-8-3-2-7-13(15)14(17)10-19-12-6-4-5-11(16)9-12/h2-9H,10H2,1H3. The Hall–Kier alpha value is -1.56. The van der Waals surface area contributed by atoms with Crippen molar-refractivity contribution < 1.29 is 14.3 Å². The molecule has 19 heavy (non-hydrogen) atoms. The van der Waals surface area contributed by atoms with Gasteiger partial charge in [-0.3, -0.25) is 4.79 Å². The van der Waals surface area contributed by atoms with Crippen molar-refractivity contribution in [3.05, 3.63) is 57.7 Å². The Morgan fingerprint density at radius 2 is 1.95 bits per heavy atom. The molecule has 0 heterocycles. The van der Waals surface area contributed by atoms with Gasteiger partial charge < -0.3 is 9.47 Å². The molecule has 2 aromatic carbocycles. The molecule has 0 aromatic heterocycles. The minimum atomic E-state index is -0.101. The third-order valence-electron chi connectivity index (χ3n) is 2.57. The molecule has 4 heteroatoms. The van der Waals surface area contributed by atoms with Gasteiger partial charge in [0.2, 0.25) is 5.78 Å². The molecule has 0 saturated carbocycles. The molecule has 2 aromatic rings. The molecule has 0 N–H and O–H groups in total. The molecular weight excluding hydrogens is 355 g/mol. The number of rotatable bonds is 5. The largest absolute Gasteiger partial charge is 0.496 e. The zero-order valence-electron chi connectivity index (χ0n) is 10.4. The van der Waals surface area contributed by atoms with Crippen LogP contribution in [0.1, 0.15) is 10.4 Å². The monoisotopic (exact) mass is 368 g/mol. The molecule has 0 aliphatic heterocycles. The van der Waals surface area contributed by atoms with E-state index in [2.05, 4.69) is 22.6 Å². The Morgan fingerprint density at radius 1 is 1.16 bits per heavy atom. The number of para-hydroxylation sites is 1. The summed E-state index contributed by atoms with van der Waals surface area (Å²) in [6.07, 6.45) is 0. The molecule has 0 atom stereocenters. The summed E-state index contributed by atoms with van der Waals surface area (Å²) < 4.78 is 11.7. The van der Waals surface area contributed by atoms with E-state index in [-0.39, 0.29) is 12.4 Å². The number of halogens is 1. The lowest BCUT2D eigenvalue weighted by Gasteiger charge is -2.08. The van der Waals surface area contributed by atoms with Gasteiger partial charge in [-0.1, -0.05) is 18.2 Å². The number of benzene rings is 2. The van der Waals surface area contributed by atoms with Crippen LogP contribution in [0.2, 0.25) is 0 Å². The van der Waals surface area contributed by atoms with Crippen LogP contribution in [0.3, 0.4) is 0 Å². The summed E-state index contributed by atoms with van der Waals surface area (Å²) in [6, 6.07) is 14.7. The summed E-state index contributed by atoms with van der Waals surface area (Å²) in [7, 11) is 1.55. The molecule has 0 bridgehead atoms. The second-order valence-electron chi connectivity index (χ2n) is 3.87. The summed E-state index contributed by atoms with van der Waals surface area (Å²) in [5, 5.41) is 0. The molecule has 2 rings (SSSR count). The van der Waals surface area contributed by atoms with Crippen LogP contribution in [0.4, 0.5) is 0 Å². The number of ether oxygens (including phenoxy) is 2. The number of hydrogen-bond acceptors (Lipinski definition) is 3. The molecule has 0 aliphatic rings. The lowest BCUT2D eigenvalue weighted by molar-refractivity contribution is 0.0918. The lowest BCUT2D eigenvalue weighted by atomic mass is 10.1. The van der Waals surface area contributed by atoms with Gasteiger partial charge >= 0.3 is 0 Å². The Balaban J connectivity index is 2.05. The van der Waals surface area contributed by atoms with Gasteiger partial charge in [0.25, 0.3) is 0 Å². The van der Waals surface area contributed by atoms with Crippen molar-refractivity contribution in [3.8, 4) is 11.5 Å². The minimum absolute atomic E-state index is 0.000463. The molecular formula is C15H13IO3. The van der Waals surface area contributed by atoms with Crippen LogP contribution in [0.5, 0.6) is 11.5 Å². The molecule has 0 amide bonds. The van der Waals surface area contributed by atoms with E-state index < -0.39 is 0 Å². The quantitative estimate of drug-likeness (QED) is 0.598. The average molecular weight is 368 g/mol. The summed E-state index contributed by atoms with van der Waals surface area (Å²) in [4.78, 5) is 12.1. The van der Waals surface area contributed by atoms with E-state index in [0.717, 1.165) is 3.57 Å². The van der Waals surface area contributed by atoms with Crippen molar-refractivity contribution in [2.45, 2.75) is 0 Å². The summed E-state index contributed by atoms with van der Waals surface area (Å²) in [6.45, 7) is 0.000463. The molecule has 98 valence electrons. The summed E-state index contributed by atoms with van der Waals surface area (Å²) in [5.41, 5.74) is 0.538. The first-order valence-corrected chi connectivity index (χ1v) is 6.83. The Labute approximate surface area is 125 Å². The van der Waals surface area contributed by atoms with Crippen LogP contribution in [0.15, 0.2) is 48.5 Å². The highest BCUT2D eigenvalue weighted by Gasteiger charge is 2.12. The van der Waals surface area contributed by atoms with Crippen molar-refractivity contribution in [1.82, 2.24) is 0 Å². The van der Waals surface area contributed by atoms with Crippen LogP contribution in [-0.4, -0.2) is 19.5 Å². The van der Waals surface area contributed by atoms with Crippen molar-refractivity contribution in [2.75, 3.05) is 13.7 Å². The third kappa shape index (κ3) is 3.70. The van der Waals surface area contributed by atoms with Crippen LogP contribution in [0, 0.1) is 3.57 Å². The Morgan fingerprint density at radius 3 is 2.68 bits per heavy atom. The second-order valence-corrected chi connectivity index (χ2v) is 5.12. The minimum Gasteiger partial charge on any atom is -0.496 e. The molecule has 0 radical (unpaired) electrons. The van der Waals surface area contributed by atoms with Gasteiger partial charge in [0.15, 0.2) is 6.61 Å². The van der Waals surface area contributed by atoms with Gasteiger partial charge in [-0.15, -0.1) is 0 Å². The first-order chi connectivity index (χ1) is 9.20. The lowest BCUT2D eigenvalue weighted by Crippen LogP contribution is -2.12. The van der Waals surface area contributed by atoms with Crippen molar-refractivity contribution >= 4 is 28.4 Å². The van der Waals surface area contributed by atoms with Crippen molar-refractivity contribution in [3.63, 3.8) is 0 Å². The first kappa shape index (κ1) is 13.9. The molecule has 0 unspecified atom stereocenters. The van der Waals surface area contributed by atoms with E-state index >= 15 is 0 Å². The van der Waals surface area contributed by atoms with E-state index in [0.29, 0.717) is 17.1 Å². The molecule has 3 nitrogen and oxygen atoms in total. The van der Waals surface area contributed by atoms with Crippen LogP contribution in [-0.2, 0) is 0 Å².